The van der Waals surface area contributed by atoms with Gasteiger partial charge in [-0.3, -0.25) is 0 Å². The minimum Gasteiger partial charge on any atom is -0.311 e. The first kappa shape index (κ1) is 15.6. The van der Waals surface area contributed by atoms with Crippen molar-refractivity contribution in [1.29, 1.82) is 0 Å². The summed E-state index contributed by atoms with van der Waals surface area (Å²) in [5, 5.41) is 5.66. The van der Waals surface area contributed by atoms with E-state index in [0.29, 0.717) is 0 Å². The van der Waals surface area contributed by atoms with Crippen molar-refractivity contribution in [3.05, 3.63) is 22.4 Å². The van der Waals surface area contributed by atoms with Gasteiger partial charge in [0.2, 0.25) is 0 Å². The van der Waals surface area contributed by atoms with Gasteiger partial charge >= 0.3 is 0 Å². The molecule has 0 aliphatic rings. The van der Waals surface area contributed by atoms with Crippen LogP contribution in [-0.4, -0.2) is 56.6 Å². The van der Waals surface area contributed by atoms with Crippen molar-refractivity contribution >= 4 is 11.3 Å². The SMILES string of the molecule is CCCN(CCNCc1cccs1)CCN(C)C. The molecule has 1 N–H and O–H groups in total. The molecule has 3 nitrogen and oxygen atoms in total. The zero-order valence-electron chi connectivity index (χ0n) is 12.0. The highest BCUT2D eigenvalue weighted by Crippen LogP contribution is 2.06. The molecule has 1 aromatic heterocycles. The smallest absolute Gasteiger partial charge is 0.0300 e. The van der Waals surface area contributed by atoms with Gasteiger partial charge in [-0.2, -0.15) is 0 Å². The second kappa shape index (κ2) is 9.50. The quantitative estimate of drug-likeness (QED) is 0.656. The summed E-state index contributed by atoms with van der Waals surface area (Å²) >= 11 is 1.82. The average molecular weight is 269 g/mol. The number of nitrogens with one attached hydrogen (secondary N) is 1. The van der Waals surface area contributed by atoms with Crippen molar-refractivity contribution in [3.63, 3.8) is 0 Å². The van der Waals surface area contributed by atoms with E-state index in [2.05, 4.69) is 53.6 Å². The van der Waals surface area contributed by atoms with Gasteiger partial charge in [0, 0.05) is 37.6 Å². The summed E-state index contributed by atoms with van der Waals surface area (Å²) in [5.41, 5.74) is 0. The van der Waals surface area contributed by atoms with E-state index in [9.17, 15) is 0 Å². The molecule has 0 aliphatic heterocycles. The lowest BCUT2D eigenvalue weighted by Crippen LogP contribution is -2.37. The van der Waals surface area contributed by atoms with Gasteiger partial charge in [0.05, 0.1) is 0 Å². The van der Waals surface area contributed by atoms with Gasteiger partial charge in [-0.15, -0.1) is 11.3 Å². The highest BCUT2D eigenvalue weighted by Gasteiger charge is 2.03. The van der Waals surface area contributed by atoms with E-state index < -0.39 is 0 Å². The van der Waals surface area contributed by atoms with Gasteiger partial charge < -0.3 is 15.1 Å². The number of thiophene rings is 1. The van der Waals surface area contributed by atoms with Crippen molar-refractivity contribution in [3.8, 4) is 0 Å². The molecule has 1 aromatic rings. The van der Waals surface area contributed by atoms with Crippen molar-refractivity contribution < 1.29 is 0 Å². The molecule has 0 spiro atoms. The molecule has 0 saturated heterocycles. The molecule has 0 radical (unpaired) electrons. The molecular formula is C14H27N3S. The summed E-state index contributed by atoms with van der Waals surface area (Å²) in [6.07, 6.45) is 1.23. The first-order chi connectivity index (χ1) is 8.72. The molecule has 0 bridgehead atoms. The maximum Gasteiger partial charge on any atom is 0.0300 e. The number of nitrogens with zero attached hydrogens (tertiary/aromatic N) is 2. The Bertz CT molecular complexity index is 285. The first-order valence-electron chi connectivity index (χ1n) is 6.82. The second-order valence-corrected chi connectivity index (χ2v) is 5.93. The molecule has 104 valence electrons. The van der Waals surface area contributed by atoms with Crippen LogP contribution in [0.2, 0.25) is 0 Å². The molecule has 0 aromatic carbocycles. The third-order valence-electron chi connectivity index (χ3n) is 2.89. The number of rotatable bonds is 10. The zero-order valence-corrected chi connectivity index (χ0v) is 12.8. The zero-order chi connectivity index (χ0) is 13.2. The molecule has 0 saturated carbocycles. The lowest BCUT2D eigenvalue weighted by atomic mass is 10.3. The minimum absolute atomic E-state index is 1.01. The molecule has 1 rings (SSSR count). The average Bonchev–Trinajstić information content (AvgIpc) is 2.84. The minimum atomic E-state index is 1.01. The third-order valence-corrected chi connectivity index (χ3v) is 3.76. The van der Waals surface area contributed by atoms with Gasteiger partial charge in [0.1, 0.15) is 0 Å². The van der Waals surface area contributed by atoms with E-state index in [1.165, 1.54) is 24.4 Å². The number of likely N-dealkylation sites (N-methyl/N-ethyl adjacent to an activating group) is 1. The molecule has 0 unspecified atom stereocenters. The standard InChI is InChI=1S/C14H27N3S/c1-4-8-17(11-10-16(2)3)9-7-15-13-14-6-5-12-18-14/h5-6,12,15H,4,7-11,13H2,1-3H3. The van der Waals surface area contributed by atoms with Gasteiger partial charge in [-0.25, -0.2) is 0 Å². The second-order valence-electron chi connectivity index (χ2n) is 4.90. The van der Waals surface area contributed by atoms with Crippen LogP contribution in [0.1, 0.15) is 18.2 Å². The van der Waals surface area contributed by atoms with Crippen molar-refractivity contribution in [2.24, 2.45) is 0 Å². The molecule has 4 heteroatoms. The van der Waals surface area contributed by atoms with Crippen LogP contribution in [0.25, 0.3) is 0 Å². The van der Waals surface area contributed by atoms with Gasteiger partial charge in [0.15, 0.2) is 0 Å². The van der Waals surface area contributed by atoms with Crippen molar-refractivity contribution in [2.45, 2.75) is 19.9 Å². The van der Waals surface area contributed by atoms with Crippen LogP contribution < -0.4 is 5.32 Å². The van der Waals surface area contributed by atoms with Crippen molar-refractivity contribution in [2.75, 3.05) is 46.8 Å². The fraction of sp³-hybridized carbons (Fsp3) is 0.714. The van der Waals surface area contributed by atoms with E-state index in [1.54, 1.807) is 0 Å². The summed E-state index contributed by atoms with van der Waals surface area (Å²) < 4.78 is 0. The van der Waals surface area contributed by atoms with Crippen molar-refractivity contribution in [1.82, 2.24) is 15.1 Å². The summed E-state index contributed by atoms with van der Waals surface area (Å²) in [6, 6.07) is 4.30. The molecule has 0 fully saturated rings. The molecule has 0 amide bonds. The Morgan fingerprint density at radius 2 is 2.00 bits per heavy atom. The van der Waals surface area contributed by atoms with Crippen LogP contribution in [0.3, 0.4) is 0 Å². The molecular weight excluding hydrogens is 242 g/mol. The van der Waals surface area contributed by atoms with Crippen LogP contribution in [0.5, 0.6) is 0 Å². The summed E-state index contributed by atoms with van der Waals surface area (Å²) in [5.74, 6) is 0. The van der Waals surface area contributed by atoms with E-state index >= 15 is 0 Å². The van der Waals surface area contributed by atoms with Gasteiger partial charge in [-0.1, -0.05) is 13.0 Å². The molecule has 18 heavy (non-hydrogen) atoms. The molecule has 0 aliphatic carbocycles. The lowest BCUT2D eigenvalue weighted by molar-refractivity contribution is 0.241. The van der Waals surface area contributed by atoms with Gasteiger partial charge in [0.25, 0.3) is 0 Å². The highest BCUT2D eigenvalue weighted by molar-refractivity contribution is 7.09. The molecule has 1 heterocycles. The lowest BCUT2D eigenvalue weighted by Gasteiger charge is -2.23. The Balaban J connectivity index is 2.12. The Kier molecular flexibility index (Phi) is 8.25. The Morgan fingerprint density at radius 1 is 1.17 bits per heavy atom. The fourth-order valence-electron chi connectivity index (χ4n) is 1.85. The normalized spacial score (nSPS) is 11.6. The Morgan fingerprint density at radius 3 is 2.61 bits per heavy atom. The summed E-state index contributed by atoms with van der Waals surface area (Å²) in [7, 11) is 4.28. The predicted molar refractivity (Wildman–Crippen MR) is 81.3 cm³/mol. The maximum absolute atomic E-state index is 3.52. The predicted octanol–water partition coefficient (Wildman–Crippen LogP) is 2.11. The topological polar surface area (TPSA) is 18.5 Å². The third kappa shape index (κ3) is 7.11. The summed E-state index contributed by atoms with van der Waals surface area (Å²) in [4.78, 5) is 6.22. The Labute approximate surface area is 116 Å². The van der Waals surface area contributed by atoms with Gasteiger partial charge in [-0.05, 0) is 38.5 Å². The van der Waals surface area contributed by atoms with E-state index in [0.717, 1.165) is 26.2 Å². The van der Waals surface area contributed by atoms with Crippen LogP contribution in [0.4, 0.5) is 0 Å². The number of hydrogen-bond acceptors (Lipinski definition) is 4. The Hall–Kier alpha value is -0.420. The van der Waals surface area contributed by atoms with Crippen LogP contribution in [-0.2, 0) is 6.54 Å². The fourth-order valence-corrected chi connectivity index (χ4v) is 2.53. The largest absolute Gasteiger partial charge is 0.311 e. The van der Waals surface area contributed by atoms with Crippen LogP contribution in [0, 0.1) is 0 Å². The van der Waals surface area contributed by atoms with E-state index in [-0.39, 0.29) is 0 Å². The maximum atomic E-state index is 3.52. The van der Waals surface area contributed by atoms with Crippen LogP contribution >= 0.6 is 11.3 Å². The number of hydrogen-bond donors (Lipinski definition) is 1. The monoisotopic (exact) mass is 269 g/mol. The highest BCUT2D eigenvalue weighted by atomic mass is 32.1. The van der Waals surface area contributed by atoms with E-state index in [1.807, 2.05) is 11.3 Å². The first-order valence-corrected chi connectivity index (χ1v) is 7.70. The molecule has 0 atom stereocenters. The van der Waals surface area contributed by atoms with E-state index in [4.69, 9.17) is 0 Å². The summed E-state index contributed by atoms with van der Waals surface area (Å²) in [6.45, 7) is 8.99. The van der Waals surface area contributed by atoms with Crippen LogP contribution in [0.15, 0.2) is 17.5 Å².